The first kappa shape index (κ1) is 33.3. The van der Waals surface area contributed by atoms with Gasteiger partial charge in [-0.3, -0.25) is 0 Å². The molecular weight excluding hydrogens is 730 g/mol. The van der Waals surface area contributed by atoms with E-state index in [9.17, 15) is 0 Å². The number of rotatable bonds is 4. The van der Waals surface area contributed by atoms with E-state index < -0.39 is 0 Å². The van der Waals surface area contributed by atoms with Gasteiger partial charge in [-0.15, -0.1) is 0 Å². The molecule has 60 heavy (non-hydrogen) atoms. The van der Waals surface area contributed by atoms with Crippen molar-refractivity contribution in [1.29, 1.82) is 0 Å². The molecule has 0 radical (unpaired) electrons. The molecule has 0 amide bonds. The van der Waals surface area contributed by atoms with Gasteiger partial charge in [0.25, 0.3) is 13.4 Å². The second-order valence-electron chi connectivity index (χ2n) is 15.9. The van der Waals surface area contributed by atoms with Gasteiger partial charge in [0.1, 0.15) is 23.0 Å². The summed E-state index contributed by atoms with van der Waals surface area (Å²) in [5.74, 6) is 3.37. The van der Waals surface area contributed by atoms with Crippen molar-refractivity contribution in [3.63, 3.8) is 0 Å². The van der Waals surface area contributed by atoms with E-state index in [1.807, 2.05) is 0 Å². The van der Waals surface area contributed by atoms with E-state index >= 15 is 0 Å². The molecule has 0 N–H and O–H groups in total. The van der Waals surface area contributed by atoms with Crippen LogP contribution in [0.4, 0.5) is 0 Å². The number of nitrogens with zero attached hydrogens (tertiary/aromatic N) is 2. The fourth-order valence-electron chi connectivity index (χ4n) is 10.4. The lowest BCUT2D eigenvalue weighted by molar-refractivity contribution is 0.469. The zero-order valence-electron chi connectivity index (χ0n) is 32.5. The molecule has 11 aromatic rings. The molecule has 0 fully saturated rings. The lowest BCUT2D eigenvalue weighted by Gasteiger charge is -2.34. The van der Waals surface area contributed by atoms with Crippen molar-refractivity contribution in [2.45, 2.75) is 0 Å². The first-order chi connectivity index (χ1) is 29.8. The van der Waals surface area contributed by atoms with E-state index in [0.717, 1.165) is 56.2 Å². The molecule has 2 aliphatic rings. The number of para-hydroxylation sites is 8. The topological polar surface area (TPSA) is 28.3 Å². The maximum atomic E-state index is 7.24. The Balaban J connectivity index is 1.08. The molecule has 0 bridgehead atoms. The van der Waals surface area contributed by atoms with E-state index in [2.05, 4.69) is 215 Å². The third-order valence-electron chi connectivity index (χ3n) is 12.8. The summed E-state index contributed by atoms with van der Waals surface area (Å²) >= 11 is 0. The maximum Gasteiger partial charge on any atom is 0.258 e. The third-order valence-corrected chi connectivity index (χ3v) is 12.8. The first-order valence-electron chi connectivity index (χ1n) is 20.7. The normalized spacial score (nSPS) is 12.9. The molecular formula is C54H34B2N2O2. The molecule has 4 heterocycles. The highest BCUT2D eigenvalue weighted by Crippen LogP contribution is 2.36. The van der Waals surface area contributed by atoms with E-state index in [4.69, 9.17) is 9.47 Å². The Bertz CT molecular complexity index is 3440. The molecule has 2 aliphatic heterocycles. The molecule has 9 aromatic carbocycles. The lowest BCUT2D eigenvalue weighted by atomic mass is 9.31. The van der Waals surface area contributed by atoms with Crippen LogP contribution >= 0.6 is 0 Å². The number of hydrogen-bond donors (Lipinski definition) is 0. The molecule has 0 spiro atoms. The zero-order valence-corrected chi connectivity index (χ0v) is 32.5. The summed E-state index contributed by atoms with van der Waals surface area (Å²) in [7, 11) is 0. The summed E-state index contributed by atoms with van der Waals surface area (Å²) in [6.45, 7) is -0.328. The fraction of sp³-hybridized carbons (Fsp3) is 0. The summed E-state index contributed by atoms with van der Waals surface area (Å²) in [6.07, 6.45) is 0. The summed E-state index contributed by atoms with van der Waals surface area (Å²) in [6, 6.07) is 74.2. The molecule has 13 rings (SSSR count). The second kappa shape index (κ2) is 12.9. The van der Waals surface area contributed by atoms with Gasteiger partial charge in [-0.05, 0) is 81.9 Å². The summed E-state index contributed by atoms with van der Waals surface area (Å²) in [5, 5.41) is 4.95. The van der Waals surface area contributed by atoms with Crippen LogP contribution in [0.15, 0.2) is 206 Å². The Hall–Kier alpha value is -7.69. The van der Waals surface area contributed by atoms with Crippen molar-refractivity contribution in [2.24, 2.45) is 0 Å². The Morgan fingerprint density at radius 2 is 0.667 bits per heavy atom. The molecule has 6 heteroatoms. The molecule has 278 valence electrons. The highest BCUT2D eigenvalue weighted by Gasteiger charge is 2.42. The molecule has 2 aromatic heterocycles. The average molecular weight is 765 g/mol. The Morgan fingerprint density at radius 1 is 0.283 bits per heavy atom. The van der Waals surface area contributed by atoms with Crippen molar-refractivity contribution in [3.8, 4) is 34.4 Å². The van der Waals surface area contributed by atoms with Crippen LogP contribution in [0.3, 0.4) is 0 Å². The number of hydrogen-bond acceptors (Lipinski definition) is 2. The number of ether oxygens (including phenoxy) is 2. The standard InChI is InChI=1S/C54H34B2N2O2/c1-9-25-44-35(17-1)36-18-2-10-26-45(36)57(44)48-29-13-5-21-39(48)55-41-23-7-16-32-51(41)60-54-43(55)33-34-52-53(54)56(42-24-8-15-31-50(42)59-52)40-22-6-14-30-49(40)58-46-27-11-3-19-37(46)38-20-4-12-28-47(38)58/h1-34H. The van der Waals surface area contributed by atoms with Crippen molar-refractivity contribution < 1.29 is 9.47 Å². The van der Waals surface area contributed by atoms with Crippen LogP contribution in [-0.4, -0.2) is 22.6 Å². The van der Waals surface area contributed by atoms with Gasteiger partial charge in [0.15, 0.2) is 0 Å². The van der Waals surface area contributed by atoms with Crippen LogP contribution in [0.5, 0.6) is 23.0 Å². The molecule has 4 nitrogen and oxygen atoms in total. The molecule has 0 unspecified atom stereocenters. The lowest BCUT2D eigenvalue weighted by Crippen LogP contribution is -2.61. The minimum absolute atomic E-state index is 0.128. The molecule has 0 atom stereocenters. The van der Waals surface area contributed by atoms with Crippen LogP contribution in [0, 0.1) is 0 Å². The van der Waals surface area contributed by atoms with Crippen LogP contribution in [0.2, 0.25) is 0 Å². The minimum atomic E-state index is -0.200. The second-order valence-corrected chi connectivity index (χ2v) is 15.9. The van der Waals surface area contributed by atoms with Gasteiger partial charge in [0.2, 0.25) is 0 Å². The van der Waals surface area contributed by atoms with Crippen molar-refractivity contribution in [2.75, 3.05) is 0 Å². The number of fused-ring (bicyclic) bond motifs is 11. The van der Waals surface area contributed by atoms with Crippen molar-refractivity contribution in [1.82, 2.24) is 9.13 Å². The van der Waals surface area contributed by atoms with Gasteiger partial charge in [-0.25, -0.2) is 0 Å². The van der Waals surface area contributed by atoms with Gasteiger partial charge in [-0.2, -0.15) is 0 Å². The van der Waals surface area contributed by atoms with Crippen LogP contribution in [-0.2, 0) is 0 Å². The fourth-order valence-corrected chi connectivity index (χ4v) is 10.4. The van der Waals surface area contributed by atoms with Gasteiger partial charge < -0.3 is 18.6 Å². The largest absolute Gasteiger partial charge is 0.459 e. The first-order valence-corrected chi connectivity index (χ1v) is 20.7. The van der Waals surface area contributed by atoms with E-state index in [-0.39, 0.29) is 13.4 Å². The van der Waals surface area contributed by atoms with E-state index in [1.54, 1.807) is 0 Å². The smallest absolute Gasteiger partial charge is 0.258 e. The van der Waals surface area contributed by atoms with Crippen molar-refractivity contribution >= 4 is 89.8 Å². The predicted molar refractivity (Wildman–Crippen MR) is 250 cm³/mol. The number of aromatic nitrogens is 2. The van der Waals surface area contributed by atoms with Gasteiger partial charge in [0, 0.05) is 38.4 Å². The molecule has 0 aliphatic carbocycles. The number of benzene rings is 9. The van der Waals surface area contributed by atoms with Crippen LogP contribution < -0.4 is 42.3 Å². The van der Waals surface area contributed by atoms with Gasteiger partial charge in [-0.1, -0.05) is 152 Å². The molecule has 0 saturated heterocycles. The van der Waals surface area contributed by atoms with Gasteiger partial charge in [0.05, 0.1) is 22.1 Å². The highest BCUT2D eigenvalue weighted by atomic mass is 16.5. The summed E-state index contributed by atoms with van der Waals surface area (Å²) in [5.41, 5.74) is 13.8. The zero-order chi connectivity index (χ0) is 39.3. The molecule has 0 saturated carbocycles. The third kappa shape index (κ3) is 4.70. The van der Waals surface area contributed by atoms with Crippen molar-refractivity contribution in [3.05, 3.63) is 206 Å². The Morgan fingerprint density at radius 3 is 1.18 bits per heavy atom. The Labute approximate surface area is 347 Å². The highest BCUT2D eigenvalue weighted by molar-refractivity contribution is 7.01. The van der Waals surface area contributed by atoms with Crippen LogP contribution in [0.25, 0.3) is 55.0 Å². The van der Waals surface area contributed by atoms with Gasteiger partial charge >= 0.3 is 0 Å². The average Bonchev–Trinajstić information content (AvgIpc) is 3.83. The summed E-state index contributed by atoms with van der Waals surface area (Å²) < 4.78 is 19.0. The van der Waals surface area contributed by atoms with E-state index in [1.165, 1.54) is 54.5 Å². The SMILES string of the molecule is c1ccc2c(c1)Oc1c(ccc3c1B(c1ccccc1-n1c4ccccc4c4ccccc41)c1ccccc1O3)B2c1ccccc1-n1c2ccccc2c2ccccc21. The minimum Gasteiger partial charge on any atom is -0.459 e. The quantitative estimate of drug-likeness (QED) is 0.168. The maximum absolute atomic E-state index is 7.24. The predicted octanol–water partition coefficient (Wildman–Crippen LogP) is 9.12. The Kier molecular flexibility index (Phi) is 7.16. The monoisotopic (exact) mass is 764 g/mol. The summed E-state index contributed by atoms with van der Waals surface area (Å²) in [4.78, 5) is 0. The van der Waals surface area contributed by atoms with Crippen LogP contribution in [0.1, 0.15) is 0 Å². The van der Waals surface area contributed by atoms with E-state index in [0.29, 0.717) is 0 Å².